The zero-order chi connectivity index (χ0) is 20.4. The summed E-state index contributed by atoms with van der Waals surface area (Å²) >= 11 is 0. The van der Waals surface area contributed by atoms with Crippen LogP contribution < -0.4 is 5.73 Å². The van der Waals surface area contributed by atoms with E-state index in [1.807, 2.05) is 68.4 Å². The second-order valence-electron chi connectivity index (χ2n) is 6.64. The Morgan fingerprint density at radius 2 is 1.62 bits per heavy atom. The van der Waals surface area contributed by atoms with Crippen LogP contribution in [0.1, 0.15) is 13.8 Å². The Labute approximate surface area is 170 Å². The van der Waals surface area contributed by atoms with E-state index >= 15 is 0 Å². The van der Waals surface area contributed by atoms with Crippen molar-refractivity contribution in [2.75, 3.05) is 5.73 Å². The number of nitrogen functional groups attached to an aromatic ring is 1. The van der Waals surface area contributed by atoms with Crippen molar-refractivity contribution >= 4 is 16.6 Å². The van der Waals surface area contributed by atoms with Gasteiger partial charge in [-0.05, 0) is 24.3 Å². The summed E-state index contributed by atoms with van der Waals surface area (Å²) < 4.78 is 18.0. The molecule has 2 N–H and O–H groups in total. The number of hydrogen-bond donors (Lipinski definition) is 1. The summed E-state index contributed by atoms with van der Waals surface area (Å²) in [6.45, 7) is 3.85. The molecule has 0 saturated carbocycles. The lowest BCUT2D eigenvalue weighted by Crippen LogP contribution is -2.05. The van der Waals surface area contributed by atoms with Crippen molar-refractivity contribution in [3.63, 3.8) is 0 Å². The Bertz CT molecular complexity index is 1160. The van der Waals surface area contributed by atoms with E-state index in [9.17, 15) is 4.21 Å². The van der Waals surface area contributed by atoms with Crippen molar-refractivity contribution in [1.29, 1.82) is 0 Å². The molecule has 0 bridgehead atoms. The van der Waals surface area contributed by atoms with E-state index in [1.54, 1.807) is 6.20 Å². The van der Waals surface area contributed by atoms with Gasteiger partial charge in [0.15, 0.2) is 11.5 Å². The molecule has 7 nitrogen and oxygen atoms in total. The van der Waals surface area contributed by atoms with E-state index in [1.165, 1.54) is 0 Å². The van der Waals surface area contributed by atoms with Crippen LogP contribution in [-0.4, -0.2) is 29.6 Å². The van der Waals surface area contributed by atoms with Gasteiger partial charge in [0.1, 0.15) is 0 Å². The fourth-order valence-electron chi connectivity index (χ4n) is 2.74. The minimum Gasteiger partial charge on any atom is -0.414 e. The normalized spacial score (nSPS) is 12.2. The van der Waals surface area contributed by atoms with Crippen LogP contribution in [-0.2, 0) is 10.8 Å². The first kappa shape index (κ1) is 18.9. The fourth-order valence-corrected chi connectivity index (χ4v) is 3.69. The van der Waals surface area contributed by atoms with Gasteiger partial charge in [-0.25, -0.2) is 9.97 Å². The lowest BCUT2D eigenvalue weighted by Gasteiger charge is -2.07. The third-order valence-electron chi connectivity index (χ3n) is 4.26. The molecule has 8 heteroatoms. The summed E-state index contributed by atoms with van der Waals surface area (Å²) in [7, 11) is -1.04. The zero-order valence-corrected chi connectivity index (χ0v) is 16.8. The topological polar surface area (TPSA) is 108 Å². The highest BCUT2D eigenvalue weighted by molar-refractivity contribution is 7.85. The molecule has 0 aliphatic heterocycles. The number of rotatable bonds is 5. The van der Waals surface area contributed by atoms with Crippen LogP contribution in [0.15, 0.2) is 70.1 Å². The van der Waals surface area contributed by atoms with Crippen molar-refractivity contribution in [2.24, 2.45) is 0 Å². The second kappa shape index (κ2) is 7.92. The smallest absolute Gasteiger partial charge is 0.270 e. The number of aromatic nitrogens is 4. The van der Waals surface area contributed by atoms with Gasteiger partial charge >= 0.3 is 0 Å². The van der Waals surface area contributed by atoms with Gasteiger partial charge in [-0.2, -0.15) is 0 Å². The molecule has 1 atom stereocenters. The molecule has 0 aliphatic carbocycles. The first-order valence-electron chi connectivity index (χ1n) is 9.06. The molecular formula is C21H19N5O2S. The average Bonchev–Trinajstić information content (AvgIpc) is 3.24. The van der Waals surface area contributed by atoms with Crippen molar-refractivity contribution < 1.29 is 8.63 Å². The van der Waals surface area contributed by atoms with Crippen molar-refractivity contribution in [1.82, 2.24) is 20.2 Å². The molecule has 0 spiro atoms. The van der Waals surface area contributed by atoms with E-state index < -0.39 is 10.8 Å². The van der Waals surface area contributed by atoms with Crippen LogP contribution in [0.2, 0.25) is 0 Å². The second-order valence-corrected chi connectivity index (χ2v) is 8.65. The molecule has 4 aromatic rings. The molecule has 2 aromatic heterocycles. The van der Waals surface area contributed by atoms with Crippen LogP contribution >= 0.6 is 0 Å². The van der Waals surface area contributed by atoms with E-state index in [0.717, 1.165) is 16.0 Å². The lowest BCUT2D eigenvalue weighted by atomic mass is 10.1. The van der Waals surface area contributed by atoms with Gasteiger partial charge in [-0.3, -0.25) is 4.21 Å². The van der Waals surface area contributed by atoms with E-state index in [0.29, 0.717) is 17.3 Å². The number of nitrogens with zero attached hydrogens (tertiary/aromatic N) is 4. The molecule has 0 fully saturated rings. The van der Waals surface area contributed by atoms with E-state index in [4.69, 9.17) is 10.2 Å². The van der Waals surface area contributed by atoms with Gasteiger partial charge in [0.2, 0.25) is 5.89 Å². The minimum atomic E-state index is -1.04. The van der Waals surface area contributed by atoms with E-state index in [2.05, 4.69) is 20.2 Å². The standard InChI is InChI=1S/C21H19N5O2S/c1-13(2)29(27)16-10-8-14(9-11-16)17-12-23-19(22)18(24-17)21-26-25-20(28-21)15-6-4-3-5-7-15/h3-13H,1-2H3,(H2,22,23). The maximum atomic E-state index is 12.2. The SMILES string of the molecule is CC(C)S(=O)c1ccc(-c2cnc(N)c(-c3nnc(-c4ccccc4)o3)n2)cc1. The molecule has 0 amide bonds. The third kappa shape index (κ3) is 3.93. The van der Waals surface area contributed by atoms with Gasteiger partial charge in [0.05, 0.1) is 22.7 Å². The molecule has 29 heavy (non-hydrogen) atoms. The highest BCUT2D eigenvalue weighted by atomic mass is 32.2. The van der Waals surface area contributed by atoms with Gasteiger partial charge < -0.3 is 10.2 Å². The van der Waals surface area contributed by atoms with Crippen molar-refractivity contribution in [2.45, 2.75) is 24.0 Å². The Hall–Kier alpha value is -3.39. The first-order chi connectivity index (χ1) is 14.0. The predicted octanol–water partition coefficient (Wildman–Crippen LogP) is 3.96. The van der Waals surface area contributed by atoms with Gasteiger partial charge in [-0.1, -0.05) is 44.2 Å². The van der Waals surface area contributed by atoms with E-state index in [-0.39, 0.29) is 17.0 Å². The average molecular weight is 405 g/mol. The van der Waals surface area contributed by atoms with Gasteiger partial charge in [0.25, 0.3) is 5.89 Å². The third-order valence-corrected chi connectivity index (χ3v) is 5.85. The summed E-state index contributed by atoms with van der Waals surface area (Å²) in [4.78, 5) is 9.57. The van der Waals surface area contributed by atoms with Crippen molar-refractivity contribution in [3.05, 3.63) is 60.8 Å². The molecule has 0 saturated heterocycles. The van der Waals surface area contributed by atoms with Crippen LogP contribution in [0, 0.1) is 0 Å². The first-order valence-corrected chi connectivity index (χ1v) is 10.3. The summed E-state index contributed by atoms with van der Waals surface area (Å²) in [5, 5.41) is 8.21. The maximum Gasteiger partial charge on any atom is 0.270 e. The monoisotopic (exact) mass is 405 g/mol. The zero-order valence-electron chi connectivity index (χ0n) is 15.9. The predicted molar refractivity (Wildman–Crippen MR) is 112 cm³/mol. The number of benzene rings is 2. The molecule has 2 aromatic carbocycles. The Kier molecular flexibility index (Phi) is 5.18. The molecule has 1 unspecified atom stereocenters. The number of nitrogens with two attached hydrogens (primary N) is 1. The largest absolute Gasteiger partial charge is 0.414 e. The Balaban J connectivity index is 1.67. The van der Waals surface area contributed by atoms with Crippen LogP contribution in [0.5, 0.6) is 0 Å². The summed E-state index contributed by atoms with van der Waals surface area (Å²) in [5.41, 5.74) is 8.57. The summed E-state index contributed by atoms with van der Waals surface area (Å²) in [5.74, 6) is 0.787. The molecule has 0 radical (unpaired) electrons. The Morgan fingerprint density at radius 1 is 0.931 bits per heavy atom. The maximum absolute atomic E-state index is 12.2. The highest BCUT2D eigenvalue weighted by Gasteiger charge is 2.17. The fraction of sp³-hybridized carbons (Fsp3) is 0.143. The van der Waals surface area contributed by atoms with Crippen LogP contribution in [0.3, 0.4) is 0 Å². The molecular weight excluding hydrogens is 386 g/mol. The summed E-state index contributed by atoms with van der Waals surface area (Å²) in [6.07, 6.45) is 1.59. The minimum absolute atomic E-state index is 0.0557. The van der Waals surface area contributed by atoms with Crippen LogP contribution in [0.25, 0.3) is 34.3 Å². The van der Waals surface area contributed by atoms with Crippen molar-refractivity contribution in [3.8, 4) is 34.3 Å². The summed E-state index contributed by atoms with van der Waals surface area (Å²) in [6, 6.07) is 16.9. The Morgan fingerprint density at radius 3 is 2.31 bits per heavy atom. The molecule has 0 aliphatic rings. The highest BCUT2D eigenvalue weighted by Crippen LogP contribution is 2.28. The molecule has 4 rings (SSSR count). The molecule has 146 valence electrons. The lowest BCUT2D eigenvalue weighted by molar-refractivity contribution is 0.582. The van der Waals surface area contributed by atoms with Crippen LogP contribution in [0.4, 0.5) is 5.82 Å². The number of hydrogen-bond acceptors (Lipinski definition) is 7. The quantitative estimate of drug-likeness (QED) is 0.535. The van der Waals surface area contributed by atoms with Gasteiger partial charge in [-0.15, -0.1) is 10.2 Å². The number of anilines is 1. The van der Waals surface area contributed by atoms with Gasteiger partial charge in [0, 0.05) is 21.3 Å². The molecule has 2 heterocycles.